The van der Waals surface area contributed by atoms with Gasteiger partial charge in [-0.05, 0) is 44.4 Å². The zero-order valence-electron chi connectivity index (χ0n) is 9.72. The summed E-state index contributed by atoms with van der Waals surface area (Å²) in [6.07, 6.45) is 6.89. The summed E-state index contributed by atoms with van der Waals surface area (Å²) in [7, 11) is 0. The monoisotopic (exact) mass is 190 g/mol. The minimum atomic E-state index is 0.591. The van der Waals surface area contributed by atoms with Crippen LogP contribution >= 0.6 is 0 Å². The number of allylic oxidation sites excluding steroid dienone is 4. The number of hydrogen-bond donors (Lipinski definition) is 0. The standard InChI is InChI=1S/C14H22/c1-6-11(4)14-9-13(10(2)3)8-7-12(14)5/h6-7,11,13-14H,1-2,8-9H2,3-5H3/t11?,13-,14?/m1/s1. The molecular formula is C14H22. The molecule has 0 aliphatic heterocycles. The van der Waals surface area contributed by atoms with Crippen LogP contribution in [0.2, 0.25) is 0 Å². The quantitative estimate of drug-likeness (QED) is 0.580. The molecule has 0 spiro atoms. The van der Waals surface area contributed by atoms with E-state index in [0.717, 1.165) is 0 Å². The lowest BCUT2D eigenvalue weighted by Gasteiger charge is -2.31. The molecule has 1 rings (SSSR count). The van der Waals surface area contributed by atoms with Crippen molar-refractivity contribution < 1.29 is 0 Å². The normalized spacial score (nSPS) is 29.2. The molecule has 0 aromatic rings. The van der Waals surface area contributed by atoms with Gasteiger partial charge in [-0.1, -0.05) is 36.8 Å². The molecule has 1 aliphatic rings. The molecule has 3 atom stereocenters. The van der Waals surface area contributed by atoms with E-state index in [0.29, 0.717) is 17.8 Å². The van der Waals surface area contributed by atoms with Crippen LogP contribution in [0.25, 0.3) is 0 Å². The molecule has 2 unspecified atom stereocenters. The maximum atomic E-state index is 4.07. The predicted molar refractivity (Wildman–Crippen MR) is 64.1 cm³/mol. The molecule has 0 fully saturated rings. The molecule has 0 nitrogen and oxygen atoms in total. The van der Waals surface area contributed by atoms with Gasteiger partial charge in [-0.2, -0.15) is 0 Å². The van der Waals surface area contributed by atoms with Gasteiger partial charge in [0.15, 0.2) is 0 Å². The lowest BCUT2D eigenvalue weighted by atomic mass is 9.74. The maximum absolute atomic E-state index is 4.07. The van der Waals surface area contributed by atoms with E-state index >= 15 is 0 Å². The first-order valence-corrected chi connectivity index (χ1v) is 5.50. The average Bonchev–Trinajstić information content (AvgIpc) is 2.17. The van der Waals surface area contributed by atoms with Crippen LogP contribution in [0.1, 0.15) is 33.6 Å². The highest BCUT2D eigenvalue weighted by Crippen LogP contribution is 2.36. The van der Waals surface area contributed by atoms with E-state index in [1.807, 2.05) is 0 Å². The Kier molecular flexibility index (Phi) is 3.74. The topological polar surface area (TPSA) is 0 Å². The molecule has 0 heterocycles. The van der Waals surface area contributed by atoms with Crippen molar-refractivity contribution >= 4 is 0 Å². The van der Waals surface area contributed by atoms with Crippen molar-refractivity contribution in [2.24, 2.45) is 17.8 Å². The number of hydrogen-bond acceptors (Lipinski definition) is 0. The summed E-state index contributed by atoms with van der Waals surface area (Å²) in [6.45, 7) is 14.6. The highest BCUT2D eigenvalue weighted by atomic mass is 14.3. The Labute approximate surface area is 88.4 Å². The molecule has 0 aromatic carbocycles. The predicted octanol–water partition coefficient (Wildman–Crippen LogP) is 4.36. The summed E-state index contributed by atoms with van der Waals surface area (Å²) < 4.78 is 0. The van der Waals surface area contributed by atoms with Crippen molar-refractivity contribution in [3.63, 3.8) is 0 Å². The summed E-state index contributed by atoms with van der Waals surface area (Å²) in [5, 5.41) is 0. The molecule has 0 saturated heterocycles. The molecule has 0 N–H and O–H groups in total. The highest BCUT2D eigenvalue weighted by Gasteiger charge is 2.25. The van der Waals surface area contributed by atoms with Gasteiger partial charge in [0.05, 0.1) is 0 Å². The van der Waals surface area contributed by atoms with E-state index in [1.165, 1.54) is 24.0 Å². The van der Waals surface area contributed by atoms with Gasteiger partial charge in [-0.15, -0.1) is 6.58 Å². The second-order valence-corrected chi connectivity index (χ2v) is 4.66. The van der Waals surface area contributed by atoms with Crippen LogP contribution in [0.4, 0.5) is 0 Å². The van der Waals surface area contributed by atoms with Crippen molar-refractivity contribution in [2.45, 2.75) is 33.6 Å². The Bertz CT molecular complexity index is 257. The zero-order valence-corrected chi connectivity index (χ0v) is 9.72. The molecule has 0 radical (unpaired) electrons. The van der Waals surface area contributed by atoms with E-state index < -0.39 is 0 Å². The fraction of sp³-hybridized carbons (Fsp3) is 0.571. The molecule has 0 heteroatoms. The summed E-state index contributed by atoms with van der Waals surface area (Å²) >= 11 is 0. The van der Waals surface area contributed by atoms with Gasteiger partial charge in [-0.3, -0.25) is 0 Å². The summed E-state index contributed by atoms with van der Waals surface area (Å²) in [5.74, 6) is 1.96. The molecule has 0 saturated carbocycles. The third-order valence-corrected chi connectivity index (χ3v) is 3.55. The maximum Gasteiger partial charge on any atom is -0.0140 e. The van der Waals surface area contributed by atoms with Crippen LogP contribution in [-0.4, -0.2) is 0 Å². The van der Waals surface area contributed by atoms with Crippen molar-refractivity contribution in [3.8, 4) is 0 Å². The van der Waals surface area contributed by atoms with Crippen molar-refractivity contribution in [1.29, 1.82) is 0 Å². The van der Waals surface area contributed by atoms with Gasteiger partial charge in [0.2, 0.25) is 0 Å². The lowest BCUT2D eigenvalue weighted by molar-refractivity contribution is 0.365. The van der Waals surface area contributed by atoms with Gasteiger partial charge in [0.25, 0.3) is 0 Å². The largest absolute Gasteiger partial charge is 0.103 e. The Hall–Kier alpha value is -0.780. The van der Waals surface area contributed by atoms with Gasteiger partial charge < -0.3 is 0 Å². The fourth-order valence-corrected chi connectivity index (χ4v) is 2.26. The van der Waals surface area contributed by atoms with E-state index in [1.54, 1.807) is 0 Å². The zero-order chi connectivity index (χ0) is 10.7. The Morgan fingerprint density at radius 2 is 2.29 bits per heavy atom. The minimum Gasteiger partial charge on any atom is -0.103 e. The Balaban J connectivity index is 2.76. The fourth-order valence-electron chi connectivity index (χ4n) is 2.26. The van der Waals surface area contributed by atoms with E-state index in [9.17, 15) is 0 Å². The van der Waals surface area contributed by atoms with E-state index in [-0.39, 0.29) is 0 Å². The summed E-state index contributed by atoms with van der Waals surface area (Å²) in [6, 6.07) is 0. The smallest absolute Gasteiger partial charge is 0.0140 e. The first-order chi connectivity index (χ1) is 6.56. The van der Waals surface area contributed by atoms with Crippen LogP contribution in [0.15, 0.2) is 36.5 Å². The molecule has 0 bridgehead atoms. The minimum absolute atomic E-state index is 0.591. The molecule has 1 aliphatic carbocycles. The van der Waals surface area contributed by atoms with Crippen LogP contribution < -0.4 is 0 Å². The second kappa shape index (κ2) is 4.63. The Morgan fingerprint density at radius 3 is 2.79 bits per heavy atom. The highest BCUT2D eigenvalue weighted by molar-refractivity contribution is 5.15. The van der Waals surface area contributed by atoms with Crippen LogP contribution in [-0.2, 0) is 0 Å². The van der Waals surface area contributed by atoms with Crippen molar-refractivity contribution in [3.05, 3.63) is 36.5 Å². The van der Waals surface area contributed by atoms with Gasteiger partial charge >= 0.3 is 0 Å². The number of rotatable bonds is 3. The van der Waals surface area contributed by atoms with Crippen molar-refractivity contribution in [2.75, 3.05) is 0 Å². The third kappa shape index (κ3) is 2.37. The molecule has 14 heavy (non-hydrogen) atoms. The average molecular weight is 190 g/mol. The van der Waals surface area contributed by atoms with E-state index in [4.69, 9.17) is 0 Å². The van der Waals surface area contributed by atoms with Crippen molar-refractivity contribution in [1.82, 2.24) is 0 Å². The Morgan fingerprint density at radius 1 is 1.64 bits per heavy atom. The third-order valence-electron chi connectivity index (χ3n) is 3.55. The molecular weight excluding hydrogens is 168 g/mol. The summed E-state index contributed by atoms with van der Waals surface area (Å²) in [4.78, 5) is 0. The summed E-state index contributed by atoms with van der Waals surface area (Å²) in [5.41, 5.74) is 2.87. The SMILES string of the molecule is C=CC(C)C1C[C@H](C(=C)C)CC=C1C. The van der Waals surface area contributed by atoms with Crippen LogP contribution in [0.5, 0.6) is 0 Å². The van der Waals surface area contributed by atoms with Gasteiger partial charge in [0.1, 0.15) is 0 Å². The molecule has 0 aromatic heterocycles. The van der Waals surface area contributed by atoms with Gasteiger partial charge in [-0.25, -0.2) is 0 Å². The first-order valence-electron chi connectivity index (χ1n) is 5.50. The lowest BCUT2D eigenvalue weighted by Crippen LogP contribution is -2.20. The van der Waals surface area contributed by atoms with Crippen LogP contribution in [0, 0.1) is 17.8 Å². The second-order valence-electron chi connectivity index (χ2n) is 4.66. The molecule has 78 valence electrons. The van der Waals surface area contributed by atoms with Crippen LogP contribution in [0.3, 0.4) is 0 Å². The van der Waals surface area contributed by atoms with Gasteiger partial charge in [0, 0.05) is 0 Å². The first kappa shape index (κ1) is 11.3. The molecule has 0 amide bonds. The van der Waals surface area contributed by atoms with E-state index in [2.05, 4.69) is 46.1 Å².